The van der Waals surface area contributed by atoms with E-state index in [2.05, 4.69) is 15.2 Å². The number of anilines is 1. The monoisotopic (exact) mass is 170 g/mol. The highest BCUT2D eigenvalue weighted by molar-refractivity contribution is 6.33. The Bertz CT molecular complexity index is 398. The number of nitrogen functional groups attached to an aromatic ring is 1. The van der Waals surface area contributed by atoms with Crippen LogP contribution in [0.4, 0.5) is 6.01 Å². The molecule has 2 aromatic rings. The van der Waals surface area contributed by atoms with Crippen molar-refractivity contribution in [3.63, 3.8) is 0 Å². The highest BCUT2D eigenvalue weighted by Crippen LogP contribution is 2.21. The predicted octanol–water partition coefficient (Wildman–Crippen LogP) is 0.853. The number of nitrogens with zero attached hydrogens (tertiary/aromatic N) is 3. The van der Waals surface area contributed by atoms with Crippen LogP contribution in [0.2, 0.25) is 5.15 Å². The largest absolute Gasteiger partial charge is 0.420 e. The van der Waals surface area contributed by atoms with Gasteiger partial charge in [-0.15, -0.1) is 5.10 Å². The van der Waals surface area contributed by atoms with E-state index in [1.165, 1.54) is 6.20 Å². The van der Waals surface area contributed by atoms with Gasteiger partial charge in [-0.2, -0.15) is 10.1 Å². The maximum absolute atomic E-state index is 5.61. The summed E-state index contributed by atoms with van der Waals surface area (Å²) in [5.41, 5.74) is 6.16. The average molecular weight is 171 g/mol. The summed E-state index contributed by atoms with van der Waals surface area (Å²) in [4.78, 5) is 3.80. The van der Waals surface area contributed by atoms with Crippen molar-refractivity contribution in [3.05, 3.63) is 11.3 Å². The Kier molecular flexibility index (Phi) is 1.19. The number of oxazole rings is 1. The molecule has 2 aromatic heterocycles. The van der Waals surface area contributed by atoms with Crippen molar-refractivity contribution in [2.45, 2.75) is 0 Å². The van der Waals surface area contributed by atoms with Gasteiger partial charge in [0.1, 0.15) is 5.52 Å². The summed E-state index contributed by atoms with van der Waals surface area (Å²) in [6.45, 7) is 0. The molecular weight excluding hydrogens is 168 g/mol. The summed E-state index contributed by atoms with van der Waals surface area (Å²) in [5, 5.41) is 7.29. The first-order valence-electron chi connectivity index (χ1n) is 2.80. The smallest absolute Gasteiger partial charge is 0.293 e. The van der Waals surface area contributed by atoms with Crippen LogP contribution in [-0.2, 0) is 0 Å². The maximum Gasteiger partial charge on any atom is 0.293 e. The average Bonchev–Trinajstić information content (AvgIpc) is 2.31. The molecule has 2 rings (SSSR count). The second-order valence-corrected chi connectivity index (χ2v) is 2.26. The Labute approximate surface area is 66.2 Å². The van der Waals surface area contributed by atoms with Gasteiger partial charge in [0.2, 0.25) is 0 Å². The van der Waals surface area contributed by atoms with Crippen molar-refractivity contribution in [1.82, 2.24) is 15.2 Å². The zero-order valence-electron chi connectivity index (χ0n) is 5.28. The van der Waals surface area contributed by atoms with Crippen LogP contribution in [0.3, 0.4) is 0 Å². The van der Waals surface area contributed by atoms with Gasteiger partial charge in [-0.3, -0.25) is 0 Å². The minimum atomic E-state index is 0.0664. The van der Waals surface area contributed by atoms with Gasteiger partial charge >= 0.3 is 0 Å². The van der Waals surface area contributed by atoms with Gasteiger partial charge in [0, 0.05) is 0 Å². The number of rotatable bonds is 0. The number of halogens is 1. The zero-order chi connectivity index (χ0) is 7.84. The van der Waals surface area contributed by atoms with Crippen molar-refractivity contribution < 1.29 is 4.42 Å². The molecule has 0 aliphatic heterocycles. The van der Waals surface area contributed by atoms with Crippen LogP contribution in [0, 0.1) is 0 Å². The van der Waals surface area contributed by atoms with Crippen LogP contribution in [0.25, 0.3) is 11.1 Å². The lowest BCUT2D eigenvalue weighted by Crippen LogP contribution is -1.81. The van der Waals surface area contributed by atoms with Crippen molar-refractivity contribution in [1.29, 1.82) is 0 Å². The van der Waals surface area contributed by atoms with Crippen molar-refractivity contribution in [3.8, 4) is 0 Å². The summed E-state index contributed by atoms with van der Waals surface area (Å²) in [6.07, 6.45) is 1.43. The lowest BCUT2D eigenvalue weighted by molar-refractivity contribution is 0.624. The van der Waals surface area contributed by atoms with E-state index in [1.54, 1.807) is 0 Å². The topological polar surface area (TPSA) is 77.8 Å². The quantitative estimate of drug-likeness (QED) is 0.634. The van der Waals surface area contributed by atoms with Crippen LogP contribution in [0.1, 0.15) is 0 Å². The molecule has 11 heavy (non-hydrogen) atoms. The molecular formula is C5H3ClN4O. The molecule has 0 aliphatic carbocycles. The van der Waals surface area contributed by atoms with Gasteiger partial charge in [0.05, 0.1) is 6.20 Å². The minimum Gasteiger partial charge on any atom is -0.420 e. The van der Waals surface area contributed by atoms with Gasteiger partial charge in [-0.05, 0) is 0 Å². The van der Waals surface area contributed by atoms with E-state index >= 15 is 0 Å². The standard InChI is InChI=1S/C5H3ClN4O/c6-4-3-2(1-8-10-4)9-5(7)11-3/h1H,(H2,7,9). The van der Waals surface area contributed by atoms with Crippen LogP contribution in [0.15, 0.2) is 10.6 Å². The third-order valence-corrected chi connectivity index (χ3v) is 1.43. The fraction of sp³-hybridized carbons (Fsp3) is 0. The summed E-state index contributed by atoms with van der Waals surface area (Å²) in [5.74, 6) is 0. The molecule has 0 unspecified atom stereocenters. The Morgan fingerprint density at radius 3 is 3.09 bits per heavy atom. The summed E-state index contributed by atoms with van der Waals surface area (Å²) in [7, 11) is 0. The number of fused-ring (bicyclic) bond motifs is 1. The van der Waals surface area contributed by atoms with Crippen LogP contribution in [-0.4, -0.2) is 15.2 Å². The SMILES string of the molecule is Nc1nc2cnnc(Cl)c2o1. The fourth-order valence-corrected chi connectivity index (χ4v) is 0.943. The molecule has 0 aromatic carbocycles. The van der Waals surface area contributed by atoms with Gasteiger partial charge in [-0.1, -0.05) is 11.6 Å². The Balaban J connectivity index is 2.90. The molecule has 56 valence electrons. The van der Waals surface area contributed by atoms with Crippen LogP contribution >= 0.6 is 11.6 Å². The predicted molar refractivity (Wildman–Crippen MR) is 39.0 cm³/mol. The highest BCUT2D eigenvalue weighted by Gasteiger charge is 2.07. The van der Waals surface area contributed by atoms with E-state index in [0.29, 0.717) is 11.1 Å². The first-order valence-corrected chi connectivity index (χ1v) is 3.18. The van der Waals surface area contributed by atoms with Crippen LogP contribution < -0.4 is 5.73 Å². The molecule has 0 atom stereocenters. The van der Waals surface area contributed by atoms with E-state index in [-0.39, 0.29) is 11.2 Å². The maximum atomic E-state index is 5.61. The lowest BCUT2D eigenvalue weighted by atomic mass is 10.5. The Hall–Kier alpha value is -1.36. The lowest BCUT2D eigenvalue weighted by Gasteiger charge is -1.84. The third-order valence-electron chi connectivity index (χ3n) is 1.18. The molecule has 0 saturated heterocycles. The van der Waals surface area contributed by atoms with E-state index in [9.17, 15) is 0 Å². The first kappa shape index (κ1) is 6.36. The van der Waals surface area contributed by atoms with Crippen molar-refractivity contribution in [2.24, 2.45) is 0 Å². The minimum absolute atomic E-state index is 0.0664. The second kappa shape index (κ2) is 2.06. The molecule has 2 N–H and O–H groups in total. The van der Waals surface area contributed by atoms with Gasteiger partial charge < -0.3 is 10.2 Å². The molecule has 0 amide bonds. The molecule has 6 heteroatoms. The Morgan fingerprint density at radius 2 is 2.36 bits per heavy atom. The van der Waals surface area contributed by atoms with E-state index in [1.807, 2.05) is 0 Å². The molecule has 0 radical (unpaired) electrons. The molecule has 5 nitrogen and oxygen atoms in total. The molecule has 0 saturated carbocycles. The molecule has 0 aliphatic rings. The molecule has 0 bridgehead atoms. The van der Waals surface area contributed by atoms with Gasteiger partial charge in [0.25, 0.3) is 6.01 Å². The van der Waals surface area contributed by atoms with Crippen molar-refractivity contribution in [2.75, 3.05) is 5.73 Å². The molecule has 0 fully saturated rings. The Morgan fingerprint density at radius 1 is 1.55 bits per heavy atom. The van der Waals surface area contributed by atoms with E-state index in [0.717, 1.165) is 0 Å². The van der Waals surface area contributed by atoms with Gasteiger partial charge in [-0.25, -0.2) is 0 Å². The second-order valence-electron chi connectivity index (χ2n) is 1.90. The molecule has 2 heterocycles. The van der Waals surface area contributed by atoms with Gasteiger partial charge in [0.15, 0.2) is 10.7 Å². The number of hydrogen-bond donors (Lipinski definition) is 1. The van der Waals surface area contributed by atoms with E-state index < -0.39 is 0 Å². The highest BCUT2D eigenvalue weighted by atomic mass is 35.5. The van der Waals surface area contributed by atoms with Crippen molar-refractivity contribution >= 4 is 28.7 Å². The normalized spacial score (nSPS) is 10.6. The number of hydrogen-bond acceptors (Lipinski definition) is 5. The summed E-state index contributed by atoms with van der Waals surface area (Å²) in [6, 6.07) is 0.0664. The van der Waals surface area contributed by atoms with E-state index in [4.69, 9.17) is 21.8 Å². The van der Waals surface area contributed by atoms with Crippen LogP contribution in [0.5, 0.6) is 0 Å². The number of nitrogens with two attached hydrogens (primary N) is 1. The third kappa shape index (κ3) is 0.894. The number of aromatic nitrogens is 3. The summed E-state index contributed by atoms with van der Waals surface area (Å²) < 4.78 is 4.93. The first-order chi connectivity index (χ1) is 5.27. The fourth-order valence-electron chi connectivity index (χ4n) is 0.764. The zero-order valence-corrected chi connectivity index (χ0v) is 6.04. The molecule has 0 spiro atoms. The summed E-state index contributed by atoms with van der Waals surface area (Å²) >= 11 is 5.61.